The Labute approximate surface area is 106 Å². The summed E-state index contributed by atoms with van der Waals surface area (Å²) in [4.78, 5) is 18.6. The number of rotatable bonds is 2. The summed E-state index contributed by atoms with van der Waals surface area (Å²) in [7, 11) is 1.86. The zero-order valence-corrected chi connectivity index (χ0v) is 11.4. The number of anilines is 1. The van der Waals surface area contributed by atoms with E-state index in [9.17, 15) is 4.79 Å². The molecule has 0 spiro atoms. The van der Waals surface area contributed by atoms with E-state index in [0.29, 0.717) is 0 Å². The molecule has 1 unspecified atom stereocenters. The molecule has 1 saturated heterocycles. The van der Waals surface area contributed by atoms with Crippen LogP contribution >= 0.6 is 11.3 Å². The Morgan fingerprint density at radius 1 is 1.59 bits per heavy atom. The van der Waals surface area contributed by atoms with Crippen LogP contribution in [0.5, 0.6) is 0 Å². The van der Waals surface area contributed by atoms with Gasteiger partial charge in [0.15, 0.2) is 0 Å². The number of aromatic nitrogens is 1. The molecule has 1 aliphatic heterocycles. The Kier molecular flexibility index (Phi) is 3.49. The molecule has 1 aromatic rings. The average Bonchev–Trinajstić information content (AvgIpc) is 2.74. The zero-order chi connectivity index (χ0) is 12.5. The van der Waals surface area contributed by atoms with Gasteiger partial charge in [-0.2, -0.15) is 0 Å². The summed E-state index contributed by atoms with van der Waals surface area (Å²) in [6.07, 6.45) is 2.07. The van der Waals surface area contributed by atoms with Crippen molar-refractivity contribution in [3.8, 4) is 0 Å². The Balaban J connectivity index is 2.29. The summed E-state index contributed by atoms with van der Waals surface area (Å²) in [5.41, 5.74) is 1.77. The molecule has 2 rings (SSSR count). The normalized spacial score (nSPS) is 24.8. The highest BCUT2D eigenvalue weighted by molar-refractivity contribution is 7.07. The lowest BCUT2D eigenvalue weighted by molar-refractivity contribution is -0.122. The SMILES string of the molecule is CNC1C(=O)N(c2cscn2)CCCC1(C)C. The molecular weight excluding hydrogens is 234 g/mol. The van der Waals surface area contributed by atoms with Crippen molar-refractivity contribution in [3.63, 3.8) is 0 Å². The Morgan fingerprint density at radius 2 is 2.35 bits per heavy atom. The summed E-state index contributed by atoms with van der Waals surface area (Å²) in [5, 5.41) is 5.09. The van der Waals surface area contributed by atoms with Crippen LogP contribution in [0.15, 0.2) is 10.9 Å². The van der Waals surface area contributed by atoms with Crippen molar-refractivity contribution in [2.75, 3.05) is 18.5 Å². The van der Waals surface area contributed by atoms with Crippen LogP contribution in [0.25, 0.3) is 0 Å². The fourth-order valence-electron chi connectivity index (χ4n) is 2.52. The van der Waals surface area contributed by atoms with Gasteiger partial charge in [-0.3, -0.25) is 9.69 Å². The van der Waals surface area contributed by atoms with E-state index >= 15 is 0 Å². The third-order valence-electron chi connectivity index (χ3n) is 3.48. The number of thiazole rings is 1. The second kappa shape index (κ2) is 4.74. The van der Waals surface area contributed by atoms with Crippen molar-refractivity contribution < 1.29 is 4.79 Å². The van der Waals surface area contributed by atoms with Crippen LogP contribution in [0.1, 0.15) is 26.7 Å². The van der Waals surface area contributed by atoms with E-state index in [0.717, 1.165) is 25.2 Å². The maximum absolute atomic E-state index is 12.5. The second-order valence-electron chi connectivity index (χ2n) is 5.15. The monoisotopic (exact) mass is 253 g/mol. The molecule has 17 heavy (non-hydrogen) atoms. The first-order valence-electron chi connectivity index (χ1n) is 5.93. The van der Waals surface area contributed by atoms with Gasteiger partial charge in [0.2, 0.25) is 5.91 Å². The van der Waals surface area contributed by atoms with Crippen LogP contribution in [0, 0.1) is 5.41 Å². The second-order valence-corrected chi connectivity index (χ2v) is 5.87. The summed E-state index contributed by atoms with van der Waals surface area (Å²) in [6.45, 7) is 5.07. The first-order valence-corrected chi connectivity index (χ1v) is 6.87. The van der Waals surface area contributed by atoms with Crippen LogP contribution < -0.4 is 10.2 Å². The molecule has 5 heteroatoms. The molecule has 0 saturated carbocycles. The van der Waals surface area contributed by atoms with Gasteiger partial charge in [-0.05, 0) is 25.3 Å². The molecule has 1 aliphatic rings. The van der Waals surface area contributed by atoms with Gasteiger partial charge in [0.05, 0.1) is 11.6 Å². The van der Waals surface area contributed by atoms with E-state index in [2.05, 4.69) is 24.1 Å². The molecule has 0 aliphatic carbocycles. The molecule has 1 fully saturated rings. The van der Waals surface area contributed by atoms with Crippen LogP contribution in [0.3, 0.4) is 0 Å². The molecule has 4 nitrogen and oxygen atoms in total. The van der Waals surface area contributed by atoms with Crippen molar-refractivity contribution in [2.45, 2.75) is 32.7 Å². The number of hydrogen-bond donors (Lipinski definition) is 1. The lowest BCUT2D eigenvalue weighted by atomic mass is 9.80. The van der Waals surface area contributed by atoms with Gasteiger partial charge in [-0.25, -0.2) is 4.98 Å². The molecular formula is C12H19N3OS. The summed E-state index contributed by atoms with van der Waals surface area (Å²) >= 11 is 1.53. The Bertz CT molecular complexity index is 388. The minimum atomic E-state index is -0.133. The minimum Gasteiger partial charge on any atom is -0.308 e. The quantitative estimate of drug-likeness (QED) is 0.875. The topological polar surface area (TPSA) is 45.2 Å². The van der Waals surface area contributed by atoms with Gasteiger partial charge in [-0.15, -0.1) is 11.3 Å². The predicted octanol–water partition coefficient (Wildman–Crippen LogP) is 1.88. The Morgan fingerprint density at radius 3 is 2.94 bits per heavy atom. The van der Waals surface area contributed by atoms with Gasteiger partial charge in [0.1, 0.15) is 5.82 Å². The molecule has 1 amide bonds. The third-order valence-corrected chi connectivity index (χ3v) is 4.06. The molecule has 0 aromatic carbocycles. The van der Waals surface area contributed by atoms with E-state index in [1.165, 1.54) is 11.3 Å². The highest BCUT2D eigenvalue weighted by atomic mass is 32.1. The van der Waals surface area contributed by atoms with Crippen LogP contribution in [-0.2, 0) is 4.79 Å². The number of hydrogen-bond acceptors (Lipinski definition) is 4. The number of nitrogens with zero attached hydrogens (tertiary/aromatic N) is 2. The molecule has 0 radical (unpaired) electrons. The standard InChI is InChI=1S/C12H19N3OS/c1-12(2)5-4-6-15(9-7-17-8-14-9)11(16)10(12)13-3/h7-8,10,13H,4-6H2,1-3H3. The number of amides is 1. The number of nitrogens with one attached hydrogen (secondary N) is 1. The highest BCUT2D eigenvalue weighted by Crippen LogP contribution is 2.32. The van der Waals surface area contributed by atoms with Gasteiger partial charge in [-0.1, -0.05) is 13.8 Å². The summed E-state index contributed by atoms with van der Waals surface area (Å²) < 4.78 is 0. The Hall–Kier alpha value is -0.940. The largest absolute Gasteiger partial charge is 0.308 e. The van der Waals surface area contributed by atoms with E-state index in [1.807, 2.05) is 17.3 Å². The van der Waals surface area contributed by atoms with E-state index in [4.69, 9.17) is 0 Å². The van der Waals surface area contributed by atoms with Crippen molar-refractivity contribution in [2.24, 2.45) is 5.41 Å². The number of likely N-dealkylation sites (N-methyl/N-ethyl adjacent to an activating group) is 1. The molecule has 1 N–H and O–H groups in total. The minimum absolute atomic E-state index is 0.00337. The zero-order valence-electron chi connectivity index (χ0n) is 10.6. The number of carbonyl (C=O) groups is 1. The fraction of sp³-hybridized carbons (Fsp3) is 0.667. The summed E-state index contributed by atoms with van der Waals surface area (Å²) in [6, 6.07) is -0.133. The van der Waals surface area contributed by atoms with Gasteiger partial charge >= 0.3 is 0 Å². The van der Waals surface area contributed by atoms with Crippen molar-refractivity contribution in [3.05, 3.63) is 10.9 Å². The van der Waals surface area contributed by atoms with Crippen molar-refractivity contribution >= 4 is 23.1 Å². The predicted molar refractivity (Wildman–Crippen MR) is 70.3 cm³/mol. The van der Waals surface area contributed by atoms with Crippen molar-refractivity contribution in [1.82, 2.24) is 10.3 Å². The molecule has 2 heterocycles. The summed E-state index contributed by atoms with van der Waals surface area (Å²) in [5.74, 6) is 0.929. The molecule has 0 bridgehead atoms. The van der Waals surface area contributed by atoms with Crippen molar-refractivity contribution in [1.29, 1.82) is 0 Å². The maximum Gasteiger partial charge on any atom is 0.245 e. The third kappa shape index (κ3) is 2.35. The molecule has 94 valence electrons. The first kappa shape index (κ1) is 12.5. The molecule has 1 atom stereocenters. The van der Waals surface area contributed by atoms with Crippen LogP contribution in [0.2, 0.25) is 0 Å². The smallest absolute Gasteiger partial charge is 0.245 e. The van der Waals surface area contributed by atoms with E-state index in [1.54, 1.807) is 5.51 Å². The lowest BCUT2D eigenvalue weighted by Gasteiger charge is -2.32. The first-order chi connectivity index (χ1) is 8.06. The number of carbonyl (C=O) groups excluding carboxylic acids is 1. The van der Waals surface area contributed by atoms with Gasteiger partial charge in [0, 0.05) is 11.9 Å². The molecule has 1 aromatic heterocycles. The van der Waals surface area contributed by atoms with Crippen LogP contribution in [0.4, 0.5) is 5.82 Å². The fourth-order valence-corrected chi connectivity index (χ4v) is 3.06. The van der Waals surface area contributed by atoms with Crippen LogP contribution in [-0.4, -0.2) is 30.5 Å². The maximum atomic E-state index is 12.5. The van der Waals surface area contributed by atoms with E-state index in [-0.39, 0.29) is 17.4 Å². The average molecular weight is 253 g/mol. The lowest BCUT2D eigenvalue weighted by Crippen LogP contribution is -2.51. The van der Waals surface area contributed by atoms with Gasteiger partial charge in [0.25, 0.3) is 0 Å². The highest BCUT2D eigenvalue weighted by Gasteiger charge is 2.39. The van der Waals surface area contributed by atoms with E-state index < -0.39 is 0 Å². The van der Waals surface area contributed by atoms with Gasteiger partial charge < -0.3 is 5.32 Å².